The second-order valence-electron chi connectivity index (χ2n) is 15.4. The predicted molar refractivity (Wildman–Crippen MR) is 174 cm³/mol. The number of hydrogen-bond acceptors (Lipinski definition) is 2. The molecule has 0 radical (unpaired) electrons. The Balaban J connectivity index is 0.00000186. The van der Waals surface area contributed by atoms with Crippen LogP contribution in [0, 0.1) is 21.7 Å². The van der Waals surface area contributed by atoms with Crippen molar-refractivity contribution in [3.8, 4) is 0 Å². The number of halogens is 1. The van der Waals surface area contributed by atoms with Gasteiger partial charge in [-0.05, 0) is 106 Å². The molecule has 210 valence electrons. The summed E-state index contributed by atoms with van der Waals surface area (Å²) in [4.78, 5) is 7.33. The van der Waals surface area contributed by atoms with Gasteiger partial charge in [-0.2, -0.15) is 0 Å². The Morgan fingerprint density at radius 3 is 1.95 bits per heavy atom. The monoisotopic (exact) mass is 620 g/mol. The summed E-state index contributed by atoms with van der Waals surface area (Å²) >= 11 is 2.15. The highest BCUT2D eigenvalue weighted by Gasteiger charge is 2.40. The van der Waals surface area contributed by atoms with Crippen LogP contribution in [0.5, 0.6) is 0 Å². The number of piperazine rings is 1. The lowest BCUT2D eigenvalue weighted by atomic mass is 9.60. The van der Waals surface area contributed by atoms with E-state index in [1.807, 2.05) is 4.93 Å². The first kappa shape index (κ1) is 31.0. The van der Waals surface area contributed by atoms with Gasteiger partial charge in [-0.15, -0.1) is 0 Å². The quantitative estimate of drug-likeness (QED) is 0.239. The van der Waals surface area contributed by atoms with E-state index < -0.39 is 0 Å². The van der Waals surface area contributed by atoms with Gasteiger partial charge in [0.2, 0.25) is 0 Å². The Morgan fingerprint density at radius 1 is 0.811 bits per heavy atom. The molecule has 4 rings (SSSR count). The fourth-order valence-corrected chi connectivity index (χ4v) is 8.53. The van der Waals surface area contributed by atoms with E-state index in [0.29, 0.717) is 22.2 Å². The number of alkyl halides is 1. The smallest absolute Gasteiger partial charge is 0.0402 e. The first-order valence-electron chi connectivity index (χ1n) is 14.9. The Hall–Kier alpha value is -0.550. The van der Waals surface area contributed by atoms with Crippen molar-refractivity contribution >= 4 is 33.9 Å². The van der Waals surface area contributed by atoms with Crippen molar-refractivity contribution in [2.75, 3.05) is 42.6 Å². The van der Waals surface area contributed by atoms with Crippen LogP contribution >= 0.6 is 22.6 Å². The fraction of sp³-hybridized carbons (Fsp3) is 0.765. The van der Waals surface area contributed by atoms with E-state index in [1.54, 1.807) is 11.1 Å². The third-order valence-electron chi connectivity index (χ3n) is 8.81. The van der Waals surface area contributed by atoms with E-state index >= 15 is 0 Å². The van der Waals surface area contributed by atoms with Crippen LogP contribution in [0.3, 0.4) is 0 Å². The summed E-state index contributed by atoms with van der Waals surface area (Å²) in [5.41, 5.74) is 7.63. The minimum atomic E-state index is 0.264. The van der Waals surface area contributed by atoms with Crippen LogP contribution in [0.15, 0.2) is 24.3 Å². The average Bonchev–Trinajstić information content (AvgIpc) is 2.77. The first-order valence-corrected chi connectivity index (χ1v) is 17.0. The van der Waals surface area contributed by atoms with Crippen molar-refractivity contribution in [2.24, 2.45) is 21.7 Å². The topological polar surface area (TPSA) is 6.48 Å². The zero-order valence-corrected chi connectivity index (χ0v) is 28.1. The van der Waals surface area contributed by atoms with Crippen molar-refractivity contribution in [2.45, 2.75) is 107 Å². The van der Waals surface area contributed by atoms with Gasteiger partial charge in [0.25, 0.3) is 0 Å². The van der Waals surface area contributed by atoms with Crippen LogP contribution in [0.1, 0.15) is 118 Å². The highest BCUT2D eigenvalue weighted by molar-refractivity contribution is 14.1. The van der Waals surface area contributed by atoms with E-state index in [0.717, 1.165) is 13.1 Å². The van der Waals surface area contributed by atoms with Crippen molar-refractivity contribution < 1.29 is 0 Å². The van der Waals surface area contributed by atoms with Gasteiger partial charge in [0.15, 0.2) is 0 Å². The summed E-state index contributed by atoms with van der Waals surface area (Å²) in [5, 5.41) is 0. The Kier molecular flexibility index (Phi) is 9.97. The lowest BCUT2D eigenvalue weighted by Gasteiger charge is -2.46. The van der Waals surface area contributed by atoms with Crippen molar-refractivity contribution in [1.82, 2.24) is 4.90 Å². The third-order valence-corrected chi connectivity index (χ3v) is 8.81. The molecule has 2 fully saturated rings. The maximum absolute atomic E-state index is 2.71. The molecule has 0 unspecified atom stereocenters. The van der Waals surface area contributed by atoms with E-state index in [4.69, 9.17) is 0 Å². The summed E-state index contributed by atoms with van der Waals surface area (Å²) in [6.45, 7) is 28.0. The molecule has 3 aliphatic rings. The molecule has 1 aromatic rings. The number of hydrogen-bond donors (Lipinski definition) is 0. The largest absolute Gasteiger partial charge is 0.369 e. The highest BCUT2D eigenvalue weighted by Crippen LogP contribution is 2.54. The van der Waals surface area contributed by atoms with E-state index in [9.17, 15) is 0 Å². The van der Waals surface area contributed by atoms with Crippen molar-refractivity contribution in [3.05, 3.63) is 35.4 Å². The average molecular weight is 621 g/mol. The van der Waals surface area contributed by atoms with Crippen LogP contribution in [0.25, 0.3) is 5.57 Å². The van der Waals surface area contributed by atoms with Crippen molar-refractivity contribution in [3.63, 3.8) is 0 Å². The molecule has 2 aliphatic carbocycles. The summed E-state index contributed by atoms with van der Waals surface area (Å²) in [7, 11) is 0. The lowest BCUT2D eigenvalue weighted by Crippen LogP contribution is -2.47. The molecule has 1 aromatic carbocycles. The number of allylic oxidation sites excluding steroid dienone is 2. The van der Waals surface area contributed by atoms with Crippen LogP contribution in [0.4, 0.5) is 5.69 Å². The van der Waals surface area contributed by atoms with Gasteiger partial charge in [0.05, 0.1) is 0 Å². The number of benzene rings is 1. The molecule has 0 amide bonds. The zero-order chi connectivity index (χ0) is 27.6. The summed E-state index contributed by atoms with van der Waals surface area (Å²) in [5.74, 6) is 0.641. The van der Waals surface area contributed by atoms with E-state index in [-0.39, 0.29) is 5.41 Å². The van der Waals surface area contributed by atoms with Gasteiger partial charge in [0, 0.05) is 31.9 Å². The maximum Gasteiger partial charge on any atom is 0.0402 e. The SMILES string of the molecule is CCCN1CCN(c2ccc(C3=CC(C)(C)CC(C)(C)C3)cc2C2CC(C)(C)CC(C)(C)C2)CC1.CI. The van der Waals surface area contributed by atoms with Gasteiger partial charge >= 0.3 is 0 Å². The number of anilines is 1. The Labute approximate surface area is 244 Å². The molecule has 0 N–H and O–H groups in total. The van der Waals surface area contributed by atoms with Crippen LogP contribution in [-0.4, -0.2) is 42.6 Å². The minimum absolute atomic E-state index is 0.264. The third kappa shape index (κ3) is 8.22. The Bertz CT molecular complexity index is 915. The molecule has 37 heavy (non-hydrogen) atoms. The molecular formula is C34H57IN2. The summed E-state index contributed by atoms with van der Waals surface area (Å²) < 4.78 is 0. The normalized spacial score (nSPS) is 25.2. The number of nitrogens with zero attached hydrogens (tertiary/aromatic N) is 2. The predicted octanol–water partition coefficient (Wildman–Crippen LogP) is 9.82. The summed E-state index contributed by atoms with van der Waals surface area (Å²) in [6.07, 6.45) is 10.2. The van der Waals surface area contributed by atoms with Crippen LogP contribution in [0.2, 0.25) is 0 Å². The van der Waals surface area contributed by atoms with Crippen LogP contribution < -0.4 is 4.90 Å². The van der Waals surface area contributed by atoms with Gasteiger partial charge in [0.1, 0.15) is 0 Å². The lowest BCUT2D eigenvalue weighted by molar-refractivity contribution is 0.0969. The molecule has 0 aromatic heterocycles. The van der Waals surface area contributed by atoms with Gasteiger partial charge in [-0.25, -0.2) is 0 Å². The fourth-order valence-electron chi connectivity index (χ4n) is 8.53. The second kappa shape index (κ2) is 11.9. The maximum atomic E-state index is 2.71. The molecule has 3 heteroatoms. The second-order valence-corrected chi connectivity index (χ2v) is 15.4. The molecule has 0 spiro atoms. The first-order chi connectivity index (χ1) is 17.2. The molecular weight excluding hydrogens is 563 g/mol. The van der Waals surface area contributed by atoms with Gasteiger partial charge in [-0.3, -0.25) is 4.90 Å². The highest BCUT2D eigenvalue weighted by atomic mass is 127. The van der Waals surface area contributed by atoms with Gasteiger partial charge in [-0.1, -0.05) is 97.0 Å². The molecule has 1 saturated carbocycles. The van der Waals surface area contributed by atoms with E-state index in [1.165, 1.54) is 69.4 Å². The van der Waals surface area contributed by atoms with Gasteiger partial charge < -0.3 is 4.90 Å². The molecule has 0 bridgehead atoms. The number of rotatable bonds is 5. The standard InChI is InChI=1S/C33H54N2.CH3I/c1-10-13-34-14-16-35(17-15-34)29-12-11-25(26-19-30(2,3)23-31(4,5)20-26)18-28(29)27-21-32(6,7)24-33(8,9)22-27;1-2/h11-12,18-19,27H,10,13-17,20-24H2,1-9H3;1H3. The van der Waals surface area contributed by atoms with Crippen molar-refractivity contribution in [1.29, 1.82) is 0 Å². The summed E-state index contributed by atoms with van der Waals surface area (Å²) in [6, 6.07) is 7.60. The van der Waals surface area contributed by atoms with E-state index in [2.05, 4.69) is 119 Å². The molecule has 1 saturated heterocycles. The zero-order valence-electron chi connectivity index (χ0n) is 25.9. The molecule has 2 nitrogen and oxygen atoms in total. The Morgan fingerprint density at radius 2 is 1.41 bits per heavy atom. The van der Waals surface area contributed by atoms with Crippen LogP contribution in [-0.2, 0) is 0 Å². The molecule has 0 atom stereocenters. The molecule has 1 heterocycles. The minimum Gasteiger partial charge on any atom is -0.369 e. The molecule has 1 aliphatic heterocycles.